The highest BCUT2D eigenvalue weighted by molar-refractivity contribution is 5.67. The molecule has 0 saturated carbocycles. The average molecular weight is 328 g/mol. The van der Waals surface area contributed by atoms with E-state index in [-0.39, 0.29) is 6.09 Å². The second-order valence-corrected chi connectivity index (χ2v) is 7.85. The van der Waals surface area contributed by atoms with Gasteiger partial charge in [-0.2, -0.15) is 0 Å². The molecule has 136 valence electrons. The topological polar surface area (TPSA) is 53.6 Å². The summed E-state index contributed by atoms with van der Waals surface area (Å²) in [6.07, 6.45) is 7.21. The molecule has 0 bridgehead atoms. The van der Waals surface area contributed by atoms with Crippen LogP contribution in [0.15, 0.2) is 0 Å². The van der Waals surface area contributed by atoms with Crippen LogP contribution in [0.2, 0.25) is 0 Å². The predicted molar refractivity (Wildman–Crippen MR) is 95.8 cm³/mol. The number of carbonyl (C=O) groups excluding carboxylic acids is 1. The molecule has 0 aromatic carbocycles. The van der Waals surface area contributed by atoms with Crippen LogP contribution in [0.3, 0.4) is 0 Å². The van der Waals surface area contributed by atoms with Crippen molar-refractivity contribution < 1.29 is 9.53 Å². The van der Waals surface area contributed by atoms with Crippen molar-refractivity contribution in [3.63, 3.8) is 0 Å². The molecule has 0 spiro atoms. The van der Waals surface area contributed by atoms with Gasteiger partial charge in [0, 0.05) is 25.7 Å². The van der Waals surface area contributed by atoms with Gasteiger partial charge in [-0.1, -0.05) is 12.8 Å². The zero-order valence-electron chi connectivity index (χ0n) is 15.8. The smallest absolute Gasteiger partial charge is 0.410 e. The van der Waals surface area contributed by atoms with E-state index in [0.29, 0.717) is 12.1 Å². The van der Waals surface area contributed by atoms with Crippen LogP contribution in [0.4, 0.5) is 4.79 Å². The van der Waals surface area contributed by atoms with Gasteiger partial charge in [0.1, 0.15) is 5.60 Å². The van der Waals surface area contributed by atoms with Crippen LogP contribution in [0, 0.1) is 0 Å². The summed E-state index contributed by atoms with van der Waals surface area (Å²) in [5.41, 5.74) is -0.427. The van der Waals surface area contributed by atoms with Crippen LogP contribution >= 0.6 is 0 Å². The number of carbonyl (C=O) groups is 1. The Labute approximate surface area is 142 Å². The third kappa shape index (κ3) is 9.82. The Bertz CT molecular complexity index is 334. The summed E-state index contributed by atoms with van der Waals surface area (Å²) < 4.78 is 5.35. The van der Waals surface area contributed by atoms with Gasteiger partial charge in [0.05, 0.1) is 0 Å². The van der Waals surface area contributed by atoms with Crippen LogP contribution in [0.25, 0.3) is 0 Å². The molecule has 1 aliphatic rings. The van der Waals surface area contributed by atoms with Gasteiger partial charge in [-0.3, -0.25) is 0 Å². The molecule has 2 atom stereocenters. The first-order valence-electron chi connectivity index (χ1n) is 9.19. The lowest BCUT2D eigenvalue weighted by atomic mass is 10.0. The van der Waals surface area contributed by atoms with Crippen molar-refractivity contribution in [3.8, 4) is 0 Å². The van der Waals surface area contributed by atoms with Crippen molar-refractivity contribution in [3.05, 3.63) is 0 Å². The fourth-order valence-electron chi connectivity index (χ4n) is 2.91. The maximum Gasteiger partial charge on any atom is 0.410 e. The number of rotatable bonds is 7. The summed E-state index contributed by atoms with van der Waals surface area (Å²) in [4.78, 5) is 13.5. The largest absolute Gasteiger partial charge is 0.444 e. The Morgan fingerprint density at radius 1 is 1.35 bits per heavy atom. The first-order valence-corrected chi connectivity index (χ1v) is 9.19. The minimum absolute atomic E-state index is 0.242. The van der Waals surface area contributed by atoms with Crippen molar-refractivity contribution in [2.75, 3.05) is 26.7 Å². The van der Waals surface area contributed by atoms with E-state index in [9.17, 15) is 4.79 Å². The maximum absolute atomic E-state index is 11.9. The molecular formula is C18H37N3O2. The molecule has 5 heteroatoms. The maximum atomic E-state index is 11.9. The molecule has 0 aromatic heterocycles. The summed E-state index contributed by atoms with van der Waals surface area (Å²) in [6.45, 7) is 10.7. The van der Waals surface area contributed by atoms with Crippen molar-refractivity contribution in [2.45, 2.75) is 83.9 Å². The molecule has 0 aliphatic carbocycles. The zero-order chi connectivity index (χ0) is 17.3. The monoisotopic (exact) mass is 327 g/mol. The van der Waals surface area contributed by atoms with E-state index in [4.69, 9.17) is 4.74 Å². The lowest BCUT2D eigenvalue weighted by Crippen LogP contribution is -2.38. The highest BCUT2D eigenvalue weighted by Crippen LogP contribution is 2.12. The Morgan fingerprint density at radius 2 is 2.09 bits per heavy atom. The van der Waals surface area contributed by atoms with Gasteiger partial charge in [0.25, 0.3) is 0 Å². The first kappa shape index (κ1) is 20.2. The highest BCUT2D eigenvalue weighted by Gasteiger charge is 2.19. The molecular weight excluding hydrogens is 290 g/mol. The van der Waals surface area contributed by atoms with Crippen molar-refractivity contribution >= 4 is 6.09 Å². The van der Waals surface area contributed by atoms with Crippen molar-refractivity contribution in [1.29, 1.82) is 0 Å². The van der Waals surface area contributed by atoms with Gasteiger partial charge in [-0.25, -0.2) is 4.79 Å². The molecule has 0 radical (unpaired) electrons. The third-order valence-electron chi connectivity index (χ3n) is 4.17. The van der Waals surface area contributed by atoms with Gasteiger partial charge in [0.15, 0.2) is 0 Å². The molecule has 5 nitrogen and oxygen atoms in total. The fraction of sp³-hybridized carbons (Fsp3) is 0.944. The molecule has 1 saturated heterocycles. The number of nitrogens with one attached hydrogen (secondary N) is 2. The normalized spacial score (nSPS) is 20.7. The quantitative estimate of drug-likeness (QED) is 0.705. The Kier molecular flexibility index (Phi) is 8.92. The molecule has 1 heterocycles. The predicted octanol–water partition coefficient (Wildman–Crippen LogP) is 3.14. The molecule has 1 amide bonds. The SMILES string of the molecule is CC(CC1CCCCCN1)NCCCN(C)C(=O)OC(C)(C)C. The van der Waals surface area contributed by atoms with Gasteiger partial charge >= 0.3 is 6.09 Å². The van der Waals surface area contributed by atoms with Crippen LogP contribution in [0.5, 0.6) is 0 Å². The summed E-state index contributed by atoms with van der Waals surface area (Å²) in [6, 6.07) is 1.17. The number of ether oxygens (including phenoxy) is 1. The van der Waals surface area contributed by atoms with E-state index in [1.165, 1.54) is 32.1 Å². The van der Waals surface area contributed by atoms with E-state index in [1.54, 1.807) is 11.9 Å². The third-order valence-corrected chi connectivity index (χ3v) is 4.17. The second-order valence-electron chi connectivity index (χ2n) is 7.85. The van der Waals surface area contributed by atoms with Crippen molar-refractivity contribution in [1.82, 2.24) is 15.5 Å². The Morgan fingerprint density at radius 3 is 2.78 bits per heavy atom. The molecule has 1 aliphatic heterocycles. The van der Waals surface area contributed by atoms with Gasteiger partial charge < -0.3 is 20.3 Å². The lowest BCUT2D eigenvalue weighted by molar-refractivity contribution is 0.0297. The molecule has 1 fully saturated rings. The zero-order valence-corrected chi connectivity index (χ0v) is 15.8. The first-order chi connectivity index (χ1) is 10.8. The number of amides is 1. The van der Waals surface area contributed by atoms with E-state index in [0.717, 1.165) is 26.1 Å². The second kappa shape index (κ2) is 10.1. The summed E-state index contributed by atoms with van der Waals surface area (Å²) in [7, 11) is 1.80. The molecule has 1 rings (SSSR count). The molecule has 2 unspecified atom stereocenters. The molecule has 0 aromatic rings. The highest BCUT2D eigenvalue weighted by atomic mass is 16.6. The van der Waals surface area contributed by atoms with Crippen LogP contribution in [-0.2, 0) is 4.74 Å². The van der Waals surface area contributed by atoms with Gasteiger partial charge in [0.2, 0.25) is 0 Å². The van der Waals surface area contributed by atoms with Crippen LogP contribution in [0.1, 0.15) is 66.2 Å². The lowest BCUT2D eigenvalue weighted by Gasteiger charge is -2.25. The standard InChI is InChI=1S/C18H37N3O2/c1-15(14-16-10-7-6-8-11-20-16)19-12-9-13-21(5)17(22)23-18(2,3)4/h15-16,19-20H,6-14H2,1-5H3. The average Bonchev–Trinajstić information content (AvgIpc) is 2.70. The Balaban J connectivity index is 2.12. The minimum Gasteiger partial charge on any atom is -0.444 e. The fourth-order valence-corrected chi connectivity index (χ4v) is 2.91. The summed E-state index contributed by atoms with van der Waals surface area (Å²) in [5.74, 6) is 0. The van der Waals surface area contributed by atoms with E-state index in [1.807, 2.05) is 20.8 Å². The van der Waals surface area contributed by atoms with Gasteiger partial charge in [-0.15, -0.1) is 0 Å². The number of nitrogens with zero attached hydrogens (tertiary/aromatic N) is 1. The summed E-state index contributed by atoms with van der Waals surface area (Å²) >= 11 is 0. The van der Waals surface area contributed by atoms with Gasteiger partial charge in [-0.05, 0) is 66.5 Å². The minimum atomic E-state index is -0.427. The van der Waals surface area contributed by atoms with Crippen molar-refractivity contribution in [2.24, 2.45) is 0 Å². The van der Waals surface area contributed by atoms with E-state index in [2.05, 4.69) is 17.6 Å². The van der Waals surface area contributed by atoms with E-state index < -0.39 is 5.60 Å². The van der Waals surface area contributed by atoms with Crippen LogP contribution < -0.4 is 10.6 Å². The van der Waals surface area contributed by atoms with E-state index >= 15 is 0 Å². The number of hydrogen-bond acceptors (Lipinski definition) is 4. The number of hydrogen-bond donors (Lipinski definition) is 2. The van der Waals surface area contributed by atoms with Crippen LogP contribution in [-0.4, -0.2) is 55.4 Å². The summed E-state index contributed by atoms with van der Waals surface area (Å²) in [5, 5.41) is 7.22. The Hall–Kier alpha value is -0.810. The molecule has 2 N–H and O–H groups in total. The molecule has 23 heavy (non-hydrogen) atoms.